The van der Waals surface area contributed by atoms with Crippen LogP contribution in [-0.2, 0) is 6.42 Å². The summed E-state index contributed by atoms with van der Waals surface area (Å²) in [6.45, 7) is 11.6. The number of amidine groups is 1. The molecule has 0 amide bonds. The lowest BCUT2D eigenvalue weighted by molar-refractivity contribution is 0.210. The Balaban J connectivity index is 1.16. The summed E-state index contributed by atoms with van der Waals surface area (Å²) in [6.07, 6.45) is 15.1. The average molecular weight is 525 g/mol. The molecular weight excluding hydrogens is 472 g/mol. The fourth-order valence-electron chi connectivity index (χ4n) is 6.59. The Hall–Kier alpha value is -1.62. The highest BCUT2D eigenvalue weighted by molar-refractivity contribution is 7.80. The van der Waals surface area contributed by atoms with Crippen molar-refractivity contribution in [3.05, 3.63) is 35.9 Å². The number of nitrogens with one attached hydrogen (secondary N) is 1. The van der Waals surface area contributed by atoms with Crippen LogP contribution in [0.25, 0.3) is 0 Å². The molecule has 0 aromatic heterocycles. The molecule has 1 N–H and O–H groups in total. The number of unbranched alkanes of at least 4 members (excludes halogenated alkanes) is 1. The quantitative estimate of drug-likeness (QED) is 0.221. The third kappa shape index (κ3) is 8.97. The first-order valence-electron chi connectivity index (χ1n) is 15.4. The molecule has 5 heteroatoms. The number of aliphatic imine (C=N–C) groups is 1. The first-order valence-corrected chi connectivity index (χ1v) is 15.8. The molecule has 1 aliphatic carbocycles. The van der Waals surface area contributed by atoms with E-state index < -0.39 is 0 Å². The number of thiocarbonyl (C=S) groups is 1. The van der Waals surface area contributed by atoms with Crippen LogP contribution in [0, 0.1) is 17.8 Å². The summed E-state index contributed by atoms with van der Waals surface area (Å²) in [7, 11) is 0. The summed E-state index contributed by atoms with van der Waals surface area (Å²) in [6, 6.07) is 12.0. The van der Waals surface area contributed by atoms with Crippen LogP contribution in [0.2, 0.25) is 0 Å². The number of benzene rings is 1. The molecule has 0 radical (unpaired) electrons. The predicted octanol–water partition coefficient (Wildman–Crippen LogP) is 7.08. The van der Waals surface area contributed by atoms with Crippen molar-refractivity contribution in [1.82, 2.24) is 15.1 Å². The Morgan fingerprint density at radius 3 is 2.54 bits per heavy atom. The van der Waals surface area contributed by atoms with Gasteiger partial charge in [0.2, 0.25) is 0 Å². The molecule has 3 aliphatic rings. The van der Waals surface area contributed by atoms with E-state index in [1.54, 1.807) is 0 Å². The van der Waals surface area contributed by atoms with E-state index in [0.717, 1.165) is 55.3 Å². The van der Waals surface area contributed by atoms with E-state index >= 15 is 0 Å². The van der Waals surface area contributed by atoms with Gasteiger partial charge in [0.05, 0.1) is 5.84 Å². The standard InChI is InChI=1S/C32H52N4S/c1-25(2)22-30-24-35(32(37)36(30)23-28-17-15-26(3)16-18-28)21-8-7-13-29-19-20-33-31(34-29)14-9-12-27-10-5-4-6-11-27/h4-6,10-11,25-26,28-30H,7-9,12-24H2,1-3H3,(H,33,34)/t26?,28?,29-,30+/m0/s1. The molecule has 2 atom stereocenters. The Morgan fingerprint density at radius 2 is 1.78 bits per heavy atom. The molecule has 0 unspecified atom stereocenters. The van der Waals surface area contributed by atoms with Gasteiger partial charge in [-0.25, -0.2) is 0 Å². The van der Waals surface area contributed by atoms with Crippen molar-refractivity contribution < 1.29 is 0 Å². The van der Waals surface area contributed by atoms with Crippen molar-refractivity contribution in [2.45, 2.75) is 110 Å². The van der Waals surface area contributed by atoms with Crippen LogP contribution in [-0.4, -0.2) is 59.0 Å². The summed E-state index contributed by atoms with van der Waals surface area (Å²) in [5.74, 6) is 3.71. The van der Waals surface area contributed by atoms with E-state index in [0.29, 0.717) is 12.1 Å². The Labute approximate surface area is 232 Å². The highest BCUT2D eigenvalue weighted by Crippen LogP contribution is 2.32. The van der Waals surface area contributed by atoms with Gasteiger partial charge in [0.1, 0.15) is 0 Å². The van der Waals surface area contributed by atoms with Gasteiger partial charge in [-0.15, -0.1) is 0 Å². The normalized spacial score (nSPS) is 26.5. The summed E-state index contributed by atoms with van der Waals surface area (Å²) in [5, 5.41) is 4.91. The van der Waals surface area contributed by atoms with Crippen LogP contribution in [0.4, 0.5) is 0 Å². The Kier molecular flexibility index (Phi) is 11.1. The van der Waals surface area contributed by atoms with Crippen LogP contribution in [0.15, 0.2) is 35.3 Å². The van der Waals surface area contributed by atoms with Crippen LogP contribution in [0.5, 0.6) is 0 Å². The molecule has 0 bridgehead atoms. The summed E-state index contributed by atoms with van der Waals surface area (Å²) >= 11 is 6.07. The lowest BCUT2D eigenvalue weighted by Gasteiger charge is -2.33. The number of hydrogen-bond donors (Lipinski definition) is 1. The number of rotatable bonds is 13. The second-order valence-corrected chi connectivity index (χ2v) is 12.9. The Morgan fingerprint density at radius 1 is 1.00 bits per heavy atom. The third-order valence-corrected chi connectivity index (χ3v) is 9.32. The second-order valence-electron chi connectivity index (χ2n) is 12.6. The van der Waals surface area contributed by atoms with Gasteiger partial charge in [-0.3, -0.25) is 4.99 Å². The maximum atomic E-state index is 6.07. The highest BCUT2D eigenvalue weighted by Gasteiger charge is 2.35. The maximum Gasteiger partial charge on any atom is 0.171 e. The van der Waals surface area contributed by atoms with E-state index in [1.807, 2.05) is 0 Å². The molecule has 2 aliphatic heterocycles. The molecule has 4 nitrogen and oxygen atoms in total. The van der Waals surface area contributed by atoms with Gasteiger partial charge in [-0.1, -0.05) is 63.9 Å². The fourth-order valence-corrected chi connectivity index (χ4v) is 6.98. The zero-order valence-corrected chi connectivity index (χ0v) is 24.7. The summed E-state index contributed by atoms with van der Waals surface area (Å²) in [5.41, 5.74) is 1.43. The minimum absolute atomic E-state index is 0.591. The maximum absolute atomic E-state index is 6.07. The third-order valence-electron chi connectivity index (χ3n) is 8.83. The molecule has 1 saturated carbocycles. The van der Waals surface area contributed by atoms with Crippen molar-refractivity contribution in [3.8, 4) is 0 Å². The first kappa shape index (κ1) is 28.4. The van der Waals surface area contributed by atoms with Gasteiger partial charge in [0, 0.05) is 44.7 Å². The molecule has 1 aromatic carbocycles. The van der Waals surface area contributed by atoms with E-state index in [2.05, 4.69) is 66.2 Å². The monoisotopic (exact) mass is 524 g/mol. The topological polar surface area (TPSA) is 30.9 Å². The van der Waals surface area contributed by atoms with Crippen molar-refractivity contribution in [1.29, 1.82) is 0 Å². The minimum atomic E-state index is 0.591. The van der Waals surface area contributed by atoms with E-state index in [-0.39, 0.29) is 0 Å². The van der Waals surface area contributed by atoms with E-state index in [1.165, 1.54) is 82.2 Å². The summed E-state index contributed by atoms with van der Waals surface area (Å²) < 4.78 is 0. The average Bonchev–Trinajstić information content (AvgIpc) is 3.17. The zero-order chi connectivity index (χ0) is 26.0. The summed E-state index contributed by atoms with van der Waals surface area (Å²) in [4.78, 5) is 9.95. The number of hydrogen-bond acceptors (Lipinski definition) is 3. The largest absolute Gasteiger partial charge is 0.371 e. The molecule has 2 fully saturated rings. The van der Waals surface area contributed by atoms with Gasteiger partial charge in [0.25, 0.3) is 0 Å². The highest BCUT2D eigenvalue weighted by atomic mass is 32.1. The van der Waals surface area contributed by atoms with Crippen molar-refractivity contribution in [2.75, 3.05) is 26.2 Å². The molecule has 1 aromatic rings. The van der Waals surface area contributed by atoms with Crippen LogP contribution < -0.4 is 5.32 Å². The van der Waals surface area contributed by atoms with Gasteiger partial charge in [0.15, 0.2) is 5.11 Å². The Bertz CT molecular complexity index is 846. The van der Waals surface area contributed by atoms with Crippen molar-refractivity contribution in [2.24, 2.45) is 22.7 Å². The molecule has 206 valence electrons. The van der Waals surface area contributed by atoms with Gasteiger partial charge in [-0.2, -0.15) is 0 Å². The SMILES string of the molecule is CC(C)C[C@@H]1CN(CCCC[C@H]2CCN=C(CCCc3ccccc3)N2)C(=S)N1CC1CCC(C)CC1. The lowest BCUT2D eigenvalue weighted by atomic mass is 9.82. The van der Waals surface area contributed by atoms with Gasteiger partial charge in [-0.05, 0) is 93.3 Å². The van der Waals surface area contributed by atoms with E-state index in [4.69, 9.17) is 17.2 Å². The minimum Gasteiger partial charge on any atom is -0.371 e. The van der Waals surface area contributed by atoms with Gasteiger partial charge < -0.3 is 15.1 Å². The fraction of sp³-hybridized carbons (Fsp3) is 0.750. The second kappa shape index (κ2) is 14.5. The first-order chi connectivity index (χ1) is 18.0. The number of aryl methyl sites for hydroxylation is 1. The molecular formula is C32H52N4S. The van der Waals surface area contributed by atoms with Crippen LogP contribution >= 0.6 is 12.2 Å². The number of nitrogens with zero attached hydrogens (tertiary/aromatic N) is 3. The van der Waals surface area contributed by atoms with E-state index in [9.17, 15) is 0 Å². The van der Waals surface area contributed by atoms with Gasteiger partial charge >= 0.3 is 0 Å². The zero-order valence-electron chi connectivity index (χ0n) is 23.8. The lowest BCUT2D eigenvalue weighted by Crippen LogP contribution is -2.40. The molecule has 37 heavy (non-hydrogen) atoms. The van der Waals surface area contributed by atoms with Crippen molar-refractivity contribution in [3.63, 3.8) is 0 Å². The predicted molar refractivity (Wildman–Crippen MR) is 162 cm³/mol. The molecule has 1 saturated heterocycles. The molecule has 4 rings (SSSR count). The van der Waals surface area contributed by atoms with Crippen LogP contribution in [0.3, 0.4) is 0 Å². The van der Waals surface area contributed by atoms with Crippen molar-refractivity contribution >= 4 is 23.2 Å². The molecule has 0 spiro atoms. The smallest absolute Gasteiger partial charge is 0.171 e. The molecule has 2 heterocycles. The van der Waals surface area contributed by atoms with Crippen LogP contribution in [0.1, 0.15) is 97.0 Å².